The maximum atomic E-state index is 15.1. The molecule has 0 unspecified atom stereocenters. The predicted molar refractivity (Wildman–Crippen MR) is 328 cm³/mol. The number of hydrogen-bond acceptors (Lipinski definition) is 12. The van der Waals surface area contributed by atoms with Crippen LogP contribution in [0, 0.1) is 41.4 Å². The molecule has 0 aromatic carbocycles. The van der Waals surface area contributed by atoms with E-state index in [9.17, 15) is 48.3 Å². The second-order valence-corrected chi connectivity index (χ2v) is 25.8. The second kappa shape index (κ2) is 34.9. The minimum Gasteiger partial charge on any atom is -0.390 e. The fraction of sp³-hybridized carbons (Fsp3) is 0.790. The van der Waals surface area contributed by atoms with Gasteiger partial charge in [-0.1, -0.05) is 109 Å². The number of aliphatic hydroxyl groups is 1. The molecule has 0 aromatic rings. The number of amides is 11. The molecule has 12 atom stereocenters. The molecular formula is C62H111N11O12. The van der Waals surface area contributed by atoms with Gasteiger partial charge in [-0.2, -0.15) is 0 Å². The Balaban J connectivity index is 4.34. The van der Waals surface area contributed by atoms with Gasteiger partial charge in [-0.25, -0.2) is 0 Å². The Morgan fingerprint density at radius 1 is 0.482 bits per heavy atom. The van der Waals surface area contributed by atoms with E-state index in [1.807, 2.05) is 47.6 Å². The van der Waals surface area contributed by atoms with Gasteiger partial charge >= 0.3 is 0 Å². The average Bonchev–Trinajstić information content (AvgIpc) is 3.56. The van der Waals surface area contributed by atoms with Crippen LogP contribution in [-0.4, -0.2) is 226 Å². The SMILES string of the molecule is C/C=C/C[C@@H](C)[C@@H](O)[C@H]1C(=O)N[C@@H](CC)C(=O)N(C)CC(=O)N(CC)[C@@H](C(C)C)C(=O)N[C@@H](C(C)C)C(=O)N(C)[C@@H](CC(C)C)C(=O)N[C@@H](C)C(=O)N[C@H](C)C(=O)N(C)[C@@H](CC(C)C)C(=O)N(C)[C@@H](CC(C)C)C(=O)N(C)[C@@H](C(C)C)C(=O)N1C. The highest BCUT2D eigenvalue weighted by Crippen LogP contribution is 2.26. The third kappa shape index (κ3) is 21.1. The Labute approximate surface area is 508 Å². The zero-order valence-electron chi connectivity index (χ0n) is 56.1. The molecule has 1 aliphatic heterocycles. The molecule has 0 saturated carbocycles. The van der Waals surface area contributed by atoms with Gasteiger partial charge in [0.25, 0.3) is 0 Å². The third-order valence-electron chi connectivity index (χ3n) is 16.1. The topological polar surface area (TPSA) is 279 Å². The van der Waals surface area contributed by atoms with Gasteiger partial charge in [0.2, 0.25) is 65.0 Å². The van der Waals surface area contributed by atoms with Crippen molar-refractivity contribution in [3.63, 3.8) is 0 Å². The molecular weight excluding hydrogens is 1090 g/mol. The van der Waals surface area contributed by atoms with E-state index in [1.54, 1.807) is 75.3 Å². The average molecular weight is 1200 g/mol. The molecule has 0 bridgehead atoms. The van der Waals surface area contributed by atoms with Gasteiger partial charge in [0, 0.05) is 48.8 Å². The smallest absolute Gasteiger partial charge is 0.246 e. The lowest BCUT2D eigenvalue weighted by molar-refractivity contribution is -0.157. The monoisotopic (exact) mass is 1200 g/mol. The fourth-order valence-electron chi connectivity index (χ4n) is 10.9. The van der Waals surface area contributed by atoms with Crippen LogP contribution in [0.5, 0.6) is 0 Å². The molecule has 23 heteroatoms. The molecule has 0 spiro atoms. The molecule has 5 N–H and O–H groups in total. The van der Waals surface area contributed by atoms with Crippen LogP contribution in [-0.2, 0) is 52.7 Å². The number of carbonyl (C=O) groups is 11. The van der Waals surface area contributed by atoms with Crippen LogP contribution in [0.25, 0.3) is 0 Å². The summed E-state index contributed by atoms with van der Waals surface area (Å²) in [7, 11) is 8.51. The zero-order chi connectivity index (χ0) is 66.0. The summed E-state index contributed by atoms with van der Waals surface area (Å²) in [5, 5.41) is 23.1. The molecule has 0 radical (unpaired) electrons. The molecule has 1 heterocycles. The Hall–Kier alpha value is -6.13. The molecule has 1 aliphatic rings. The summed E-state index contributed by atoms with van der Waals surface area (Å²) in [5.74, 6) is -10.1. The summed E-state index contributed by atoms with van der Waals surface area (Å²) < 4.78 is 0. The maximum Gasteiger partial charge on any atom is 0.246 e. The maximum absolute atomic E-state index is 15.1. The fourth-order valence-corrected chi connectivity index (χ4v) is 10.9. The zero-order valence-corrected chi connectivity index (χ0v) is 56.1. The van der Waals surface area contributed by atoms with Crippen molar-refractivity contribution >= 4 is 65.0 Å². The van der Waals surface area contributed by atoms with Crippen molar-refractivity contribution in [1.82, 2.24) is 55.6 Å². The molecule has 0 aromatic heterocycles. The number of nitrogens with one attached hydrogen (secondary N) is 4. The van der Waals surface area contributed by atoms with Crippen molar-refractivity contribution in [3.8, 4) is 0 Å². The first-order chi connectivity index (χ1) is 39.3. The summed E-state index contributed by atoms with van der Waals surface area (Å²) in [6, 6.07) is -12.3. The van der Waals surface area contributed by atoms with E-state index >= 15 is 9.59 Å². The lowest BCUT2D eigenvalue weighted by Gasteiger charge is -2.41. The number of aliphatic hydroxyl groups excluding tert-OH is 1. The molecule has 0 aliphatic carbocycles. The van der Waals surface area contributed by atoms with E-state index in [0.29, 0.717) is 6.42 Å². The van der Waals surface area contributed by atoms with Gasteiger partial charge in [0.15, 0.2) is 0 Å². The largest absolute Gasteiger partial charge is 0.390 e. The number of carbonyl (C=O) groups excluding carboxylic acids is 11. The van der Waals surface area contributed by atoms with Crippen molar-refractivity contribution in [1.29, 1.82) is 0 Å². The number of nitrogens with zero attached hydrogens (tertiary/aromatic N) is 7. The van der Waals surface area contributed by atoms with Crippen molar-refractivity contribution in [2.45, 2.75) is 223 Å². The summed E-state index contributed by atoms with van der Waals surface area (Å²) >= 11 is 0. The first kappa shape index (κ1) is 76.9. The number of allylic oxidation sites excluding steroid dienone is 2. The van der Waals surface area contributed by atoms with E-state index < -0.39 is 162 Å². The number of rotatable bonds is 15. The Morgan fingerprint density at radius 3 is 1.36 bits per heavy atom. The van der Waals surface area contributed by atoms with Crippen LogP contribution in [0.3, 0.4) is 0 Å². The van der Waals surface area contributed by atoms with Gasteiger partial charge in [-0.15, -0.1) is 0 Å². The molecule has 23 nitrogen and oxygen atoms in total. The van der Waals surface area contributed by atoms with E-state index in [-0.39, 0.29) is 50.0 Å². The molecule has 11 amide bonds. The van der Waals surface area contributed by atoms with Gasteiger partial charge in [-0.3, -0.25) is 52.7 Å². The van der Waals surface area contributed by atoms with Crippen molar-refractivity contribution in [2.24, 2.45) is 41.4 Å². The van der Waals surface area contributed by atoms with Crippen LogP contribution in [0.15, 0.2) is 12.2 Å². The predicted octanol–water partition coefficient (Wildman–Crippen LogP) is 3.27. The molecule has 1 rings (SSSR count). The van der Waals surface area contributed by atoms with Crippen LogP contribution in [0.4, 0.5) is 0 Å². The van der Waals surface area contributed by atoms with Crippen LogP contribution < -0.4 is 21.3 Å². The Morgan fingerprint density at radius 2 is 0.918 bits per heavy atom. The summed E-state index contributed by atoms with van der Waals surface area (Å²) in [6.45, 7) is 30.8. The minimum absolute atomic E-state index is 0.0205. The highest BCUT2D eigenvalue weighted by molar-refractivity contribution is 5.99. The normalized spacial score (nSPS) is 26.9. The second-order valence-electron chi connectivity index (χ2n) is 25.8. The van der Waals surface area contributed by atoms with Crippen LogP contribution >= 0.6 is 0 Å². The summed E-state index contributed by atoms with van der Waals surface area (Å²) in [4.78, 5) is 169. The lowest BCUT2D eigenvalue weighted by atomic mass is 9.91. The molecule has 1 saturated heterocycles. The number of hydrogen-bond donors (Lipinski definition) is 5. The first-order valence-corrected chi connectivity index (χ1v) is 30.7. The lowest BCUT2D eigenvalue weighted by Crippen LogP contribution is -2.63. The van der Waals surface area contributed by atoms with E-state index in [2.05, 4.69) is 21.3 Å². The van der Waals surface area contributed by atoms with Crippen LogP contribution in [0.2, 0.25) is 0 Å². The quantitative estimate of drug-likeness (QED) is 0.148. The highest BCUT2D eigenvalue weighted by Gasteiger charge is 2.46. The van der Waals surface area contributed by atoms with Gasteiger partial charge in [0.1, 0.15) is 60.4 Å². The summed E-state index contributed by atoms with van der Waals surface area (Å²) in [6.07, 6.45) is 2.89. The Kier molecular flexibility index (Phi) is 31.5. The van der Waals surface area contributed by atoms with Crippen molar-refractivity contribution < 1.29 is 57.8 Å². The van der Waals surface area contributed by atoms with Crippen LogP contribution in [0.1, 0.15) is 157 Å². The summed E-state index contributed by atoms with van der Waals surface area (Å²) in [5.41, 5.74) is 0. The van der Waals surface area contributed by atoms with E-state index in [0.717, 1.165) is 9.80 Å². The van der Waals surface area contributed by atoms with Crippen molar-refractivity contribution in [3.05, 3.63) is 12.2 Å². The third-order valence-corrected chi connectivity index (χ3v) is 16.1. The first-order valence-electron chi connectivity index (χ1n) is 30.7. The van der Waals surface area contributed by atoms with Crippen molar-refractivity contribution in [2.75, 3.05) is 55.4 Å². The van der Waals surface area contributed by atoms with Gasteiger partial charge in [-0.05, 0) is 101 Å². The standard InChI is InChI=1S/C62H111N11O12/c1-25-28-29-40(16)52(75)51-56(79)65-43(26-2)58(81)67(19)33-47(74)73(27-3)49(38(12)13)55(78)66-48(37(10)11)61(84)68(20)44(30-34(4)5)54(77)63-41(17)53(76)64-42(18)57(80)69(21)45(31-35(6)7)59(82)70(22)46(32-36(8)9)60(83)71(23)50(39(14)15)62(85)72(51)24/h25,28,34-46,48-52,75H,26-27,29-33H2,1-24H3,(H,63,77)(H,64,76)(H,65,79)(H,66,78)/b28-25+/t40-,41+,42-,43+,44+,45+,46+,48+,49+,50+,51+,52-/m1/s1. The Bertz CT molecular complexity index is 2330. The number of likely N-dealkylation sites (N-methyl/N-ethyl adjacent to an activating group) is 7. The molecule has 1 fully saturated rings. The minimum atomic E-state index is -1.61. The molecule has 486 valence electrons. The van der Waals surface area contributed by atoms with E-state index in [4.69, 9.17) is 0 Å². The van der Waals surface area contributed by atoms with Gasteiger partial charge < -0.3 is 60.7 Å². The molecule has 85 heavy (non-hydrogen) atoms. The highest BCUT2D eigenvalue weighted by atomic mass is 16.3. The van der Waals surface area contributed by atoms with Gasteiger partial charge in [0.05, 0.1) is 12.6 Å². The van der Waals surface area contributed by atoms with E-state index in [1.165, 1.54) is 80.6 Å².